The number of hydrogen-bond donors (Lipinski definition) is 0. The fourth-order valence-electron chi connectivity index (χ4n) is 1.78. The number of carbonyl (C=O) groups excluding carboxylic acids is 1. The SMILES string of the molecule is C=C(C)C(=O)OCc1ccc2cc(C)ccc2c1. The van der Waals surface area contributed by atoms with E-state index in [0.29, 0.717) is 5.57 Å². The van der Waals surface area contributed by atoms with Gasteiger partial charge in [0.15, 0.2) is 0 Å². The Bertz CT molecular complexity index is 612. The van der Waals surface area contributed by atoms with Crippen molar-refractivity contribution >= 4 is 16.7 Å². The van der Waals surface area contributed by atoms with E-state index >= 15 is 0 Å². The predicted molar refractivity (Wildman–Crippen MR) is 73.3 cm³/mol. The predicted octanol–water partition coefficient (Wildman–Crippen LogP) is 3.77. The first-order chi connectivity index (χ1) is 8.56. The van der Waals surface area contributed by atoms with Crippen molar-refractivity contribution < 1.29 is 9.53 Å². The van der Waals surface area contributed by atoms with Crippen LogP contribution in [0.15, 0.2) is 48.6 Å². The lowest BCUT2D eigenvalue weighted by molar-refractivity contribution is -0.140. The highest BCUT2D eigenvalue weighted by Crippen LogP contribution is 2.18. The fraction of sp³-hybridized carbons (Fsp3) is 0.188. The van der Waals surface area contributed by atoms with Gasteiger partial charge in [-0.15, -0.1) is 0 Å². The Kier molecular flexibility index (Phi) is 3.47. The molecule has 2 heteroatoms. The van der Waals surface area contributed by atoms with E-state index in [1.54, 1.807) is 6.92 Å². The van der Waals surface area contributed by atoms with E-state index in [9.17, 15) is 4.79 Å². The Labute approximate surface area is 107 Å². The van der Waals surface area contributed by atoms with E-state index in [4.69, 9.17) is 4.74 Å². The van der Waals surface area contributed by atoms with Crippen LogP contribution >= 0.6 is 0 Å². The van der Waals surface area contributed by atoms with Gasteiger partial charge in [0.25, 0.3) is 0 Å². The zero-order valence-electron chi connectivity index (χ0n) is 10.7. The number of hydrogen-bond acceptors (Lipinski definition) is 2. The molecule has 0 fully saturated rings. The van der Waals surface area contributed by atoms with Crippen LogP contribution < -0.4 is 0 Å². The molecule has 92 valence electrons. The molecule has 0 N–H and O–H groups in total. The molecule has 0 bridgehead atoms. The number of carbonyl (C=O) groups is 1. The van der Waals surface area contributed by atoms with E-state index in [2.05, 4.69) is 31.7 Å². The molecule has 0 aromatic heterocycles. The molecule has 0 saturated carbocycles. The quantitative estimate of drug-likeness (QED) is 0.603. The smallest absolute Gasteiger partial charge is 0.333 e. The van der Waals surface area contributed by atoms with Gasteiger partial charge in [-0.05, 0) is 36.2 Å². The molecule has 0 saturated heterocycles. The van der Waals surface area contributed by atoms with E-state index in [0.717, 1.165) is 10.9 Å². The summed E-state index contributed by atoms with van der Waals surface area (Å²) < 4.78 is 5.12. The van der Waals surface area contributed by atoms with Gasteiger partial charge in [-0.1, -0.05) is 42.5 Å². The van der Waals surface area contributed by atoms with Crippen LogP contribution in [0.3, 0.4) is 0 Å². The van der Waals surface area contributed by atoms with Crippen molar-refractivity contribution in [3.05, 3.63) is 59.7 Å². The van der Waals surface area contributed by atoms with Gasteiger partial charge in [-0.25, -0.2) is 4.79 Å². The molecule has 18 heavy (non-hydrogen) atoms. The lowest BCUT2D eigenvalue weighted by Crippen LogP contribution is -2.04. The summed E-state index contributed by atoms with van der Waals surface area (Å²) in [7, 11) is 0. The molecule has 2 nitrogen and oxygen atoms in total. The molecule has 0 aliphatic carbocycles. The van der Waals surface area contributed by atoms with Crippen LogP contribution in [0, 0.1) is 6.92 Å². The van der Waals surface area contributed by atoms with Gasteiger partial charge in [0, 0.05) is 5.57 Å². The van der Waals surface area contributed by atoms with E-state index in [-0.39, 0.29) is 12.6 Å². The molecule has 0 atom stereocenters. The normalized spacial score (nSPS) is 10.3. The summed E-state index contributed by atoms with van der Waals surface area (Å²) >= 11 is 0. The Balaban J connectivity index is 2.18. The first-order valence-corrected chi connectivity index (χ1v) is 5.88. The maximum atomic E-state index is 11.3. The van der Waals surface area contributed by atoms with Crippen LogP contribution in [0.1, 0.15) is 18.1 Å². The number of ether oxygens (including phenoxy) is 1. The van der Waals surface area contributed by atoms with Gasteiger partial charge < -0.3 is 4.74 Å². The van der Waals surface area contributed by atoms with Crippen LogP contribution in [0.2, 0.25) is 0 Å². The van der Waals surface area contributed by atoms with Gasteiger partial charge >= 0.3 is 5.97 Å². The molecule has 0 radical (unpaired) electrons. The standard InChI is InChI=1S/C16H16O2/c1-11(2)16(17)18-10-13-5-7-14-8-12(3)4-6-15(14)9-13/h4-9H,1,10H2,2-3H3. The van der Waals surface area contributed by atoms with E-state index in [1.165, 1.54) is 10.9 Å². The summed E-state index contributed by atoms with van der Waals surface area (Å²) in [4.78, 5) is 11.3. The molecule has 2 rings (SSSR count). The van der Waals surface area contributed by atoms with Crippen LogP contribution in [0.4, 0.5) is 0 Å². The van der Waals surface area contributed by atoms with Crippen molar-refractivity contribution in [2.45, 2.75) is 20.5 Å². The van der Waals surface area contributed by atoms with Crippen molar-refractivity contribution in [1.82, 2.24) is 0 Å². The largest absolute Gasteiger partial charge is 0.457 e. The number of benzene rings is 2. The molecule has 0 aliphatic rings. The molecule has 2 aromatic carbocycles. The Hall–Kier alpha value is -2.09. The molecular weight excluding hydrogens is 224 g/mol. The van der Waals surface area contributed by atoms with Gasteiger partial charge in [-0.2, -0.15) is 0 Å². The first-order valence-electron chi connectivity index (χ1n) is 5.88. The molecular formula is C16H16O2. The highest BCUT2D eigenvalue weighted by molar-refractivity contribution is 5.87. The third-order valence-electron chi connectivity index (χ3n) is 2.78. The zero-order valence-corrected chi connectivity index (χ0v) is 10.7. The molecule has 2 aromatic rings. The van der Waals surface area contributed by atoms with Crippen molar-refractivity contribution in [1.29, 1.82) is 0 Å². The third kappa shape index (κ3) is 2.77. The number of aryl methyl sites for hydroxylation is 1. The molecule has 0 unspecified atom stereocenters. The summed E-state index contributed by atoms with van der Waals surface area (Å²) in [5.74, 6) is -0.348. The van der Waals surface area contributed by atoms with Crippen molar-refractivity contribution in [2.24, 2.45) is 0 Å². The average molecular weight is 240 g/mol. The Morgan fingerprint density at radius 2 is 1.83 bits per heavy atom. The minimum atomic E-state index is -0.348. The summed E-state index contributed by atoms with van der Waals surface area (Å²) in [5.41, 5.74) is 2.65. The number of fused-ring (bicyclic) bond motifs is 1. The fourth-order valence-corrected chi connectivity index (χ4v) is 1.78. The van der Waals surface area contributed by atoms with Gasteiger partial charge in [0.05, 0.1) is 0 Å². The molecule has 0 heterocycles. The van der Waals surface area contributed by atoms with Crippen molar-refractivity contribution in [3.63, 3.8) is 0 Å². The second-order valence-corrected chi connectivity index (χ2v) is 4.54. The second-order valence-electron chi connectivity index (χ2n) is 4.54. The summed E-state index contributed by atoms with van der Waals surface area (Å²) in [5, 5.41) is 2.36. The van der Waals surface area contributed by atoms with E-state index in [1.807, 2.05) is 18.2 Å². The average Bonchev–Trinajstić information content (AvgIpc) is 2.35. The van der Waals surface area contributed by atoms with Gasteiger partial charge in [0.2, 0.25) is 0 Å². The minimum Gasteiger partial charge on any atom is -0.457 e. The molecule has 0 aliphatic heterocycles. The maximum absolute atomic E-state index is 11.3. The Morgan fingerprint density at radius 3 is 2.56 bits per heavy atom. The first kappa shape index (κ1) is 12.4. The second kappa shape index (κ2) is 5.05. The molecule has 0 amide bonds. The lowest BCUT2D eigenvalue weighted by atomic mass is 10.1. The Morgan fingerprint density at radius 1 is 1.17 bits per heavy atom. The van der Waals surface area contributed by atoms with E-state index < -0.39 is 0 Å². The van der Waals surface area contributed by atoms with Crippen molar-refractivity contribution in [3.8, 4) is 0 Å². The van der Waals surface area contributed by atoms with Crippen LogP contribution in [0.25, 0.3) is 10.8 Å². The summed E-state index contributed by atoms with van der Waals surface area (Å²) in [6, 6.07) is 12.4. The third-order valence-corrected chi connectivity index (χ3v) is 2.78. The van der Waals surface area contributed by atoms with Crippen molar-refractivity contribution in [2.75, 3.05) is 0 Å². The highest BCUT2D eigenvalue weighted by Gasteiger charge is 2.04. The minimum absolute atomic E-state index is 0.287. The highest BCUT2D eigenvalue weighted by atomic mass is 16.5. The molecule has 0 spiro atoms. The van der Waals surface area contributed by atoms with Gasteiger partial charge in [0.1, 0.15) is 6.61 Å². The zero-order chi connectivity index (χ0) is 13.1. The summed E-state index contributed by atoms with van der Waals surface area (Å²) in [6.45, 7) is 7.56. The number of rotatable bonds is 3. The topological polar surface area (TPSA) is 26.3 Å². The van der Waals surface area contributed by atoms with Crippen LogP contribution in [-0.2, 0) is 16.1 Å². The summed E-state index contributed by atoms with van der Waals surface area (Å²) in [6.07, 6.45) is 0. The number of esters is 1. The van der Waals surface area contributed by atoms with Crippen LogP contribution in [-0.4, -0.2) is 5.97 Å². The lowest BCUT2D eigenvalue weighted by Gasteiger charge is -2.06. The monoisotopic (exact) mass is 240 g/mol. The maximum Gasteiger partial charge on any atom is 0.333 e. The van der Waals surface area contributed by atoms with Crippen LogP contribution in [0.5, 0.6) is 0 Å². The van der Waals surface area contributed by atoms with Gasteiger partial charge in [-0.3, -0.25) is 0 Å².